The van der Waals surface area contributed by atoms with E-state index in [-0.39, 0.29) is 18.5 Å². The van der Waals surface area contributed by atoms with Gasteiger partial charge in [0.2, 0.25) is 5.36 Å². The molecule has 2 aliphatic heterocycles. The molecular weight excluding hydrogens is 833 g/mol. The maximum Gasteiger partial charge on any atom is 0.303 e. The van der Waals surface area contributed by atoms with E-state index in [4.69, 9.17) is 0 Å². The highest BCUT2D eigenvalue weighted by Crippen LogP contribution is 2.47. The summed E-state index contributed by atoms with van der Waals surface area (Å²) in [6.45, 7) is 11.8. The molecule has 0 spiro atoms. The van der Waals surface area contributed by atoms with Crippen LogP contribution >= 0.6 is 0 Å². The summed E-state index contributed by atoms with van der Waals surface area (Å²) in [6.07, 6.45) is 7.41. The molecule has 0 radical (unpaired) electrons. The molecule has 3 heterocycles. The average molecular weight is 883 g/mol. The summed E-state index contributed by atoms with van der Waals surface area (Å²) in [5, 5.41) is 11.2. The number of hydrogen-bond acceptors (Lipinski definition) is 8. The molecule has 1 aliphatic carbocycles. The van der Waals surface area contributed by atoms with E-state index < -0.39 is 62.8 Å². The van der Waals surface area contributed by atoms with Gasteiger partial charge in [0.1, 0.15) is 29.6 Å². The number of nitrogens with zero attached hydrogens (tertiary/aromatic N) is 4. The summed E-state index contributed by atoms with van der Waals surface area (Å²) in [6, 6.07) is 11.5. The molecule has 7 rings (SSSR count). The minimum Gasteiger partial charge on any atom is -0.481 e. The number of likely N-dealkylation sites (N-methyl/N-ethyl adjacent to an activating group) is 1. The Morgan fingerprint density at radius 1 is 0.900 bits per heavy atom. The molecule has 0 bridgehead atoms. The number of carbonyl (C=O) groups is 1. The van der Waals surface area contributed by atoms with Gasteiger partial charge in [0.25, 0.3) is 36.2 Å². The van der Waals surface area contributed by atoms with E-state index in [1.807, 2.05) is 66.1 Å². The number of benzene rings is 3. The molecule has 0 fully saturated rings. The summed E-state index contributed by atoms with van der Waals surface area (Å²) >= 11 is 0. The standard InChI is InChI=1S/C42H48N4O11S3/c1-7-46-36-22-34-32(20-30(36)28(23-41(46,2)3)25-58(49,50)51)39(40-43(6)16-17-44(40)14-9-11-38(47)48)31-18-26-10-8-15-45(35(26)21-33(31)42(34,4)5)24-27-12-13-29(59(52,53)54)19-37(27)60(55,56)57/h12-13,16-23H,7-11,14-15,24-25H2,1-6H3,(H2-2,47,48,49,50,51,52,53,54,55,56,57)/p+2. The lowest BCUT2D eigenvalue weighted by Gasteiger charge is -2.45. The van der Waals surface area contributed by atoms with Gasteiger partial charge in [0.05, 0.1) is 29.6 Å². The van der Waals surface area contributed by atoms with E-state index in [1.54, 1.807) is 0 Å². The first-order valence-corrected chi connectivity index (χ1v) is 24.1. The number of carboxylic acids is 1. The van der Waals surface area contributed by atoms with Crippen molar-refractivity contribution in [2.24, 2.45) is 7.05 Å². The molecule has 4 N–H and O–H groups in total. The van der Waals surface area contributed by atoms with Crippen molar-refractivity contribution in [3.63, 3.8) is 0 Å². The van der Waals surface area contributed by atoms with Crippen LogP contribution in [0, 0.1) is 0 Å². The van der Waals surface area contributed by atoms with Crippen molar-refractivity contribution in [3.05, 3.63) is 111 Å². The Labute approximate surface area is 349 Å². The second-order valence-electron chi connectivity index (χ2n) is 16.9. The minimum absolute atomic E-state index is 0.00142. The number of carboxylic acid groups (broad SMARTS) is 1. The number of fused-ring (bicyclic) bond motifs is 4. The second-order valence-corrected chi connectivity index (χ2v) is 21.2. The summed E-state index contributed by atoms with van der Waals surface area (Å²) in [7, 11) is -12.2. The predicted molar refractivity (Wildman–Crippen MR) is 224 cm³/mol. The van der Waals surface area contributed by atoms with Crippen LogP contribution in [0.25, 0.3) is 11.1 Å². The molecule has 0 saturated carbocycles. The Bertz CT molecular complexity index is 3000. The zero-order valence-corrected chi connectivity index (χ0v) is 36.7. The molecule has 18 heteroatoms. The van der Waals surface area contributed by atoms with Crippen molar-refractivity contribution in [1.29, 1.82) is 0 Å². The fourth-order valence-electron chi connectivity index (χ4n) is 9.40. The van der Waals surface area contributed by atoms with Crippen LogP contribution in [-0.4, -0.2) is 78.9 Å². The Morgan fingerprint density at radius 2 is 1.62 bits per heavy atom. The summed E-state index contributed by atoms with van der Waals surface area (Å²) in [4.78, 5) is 12.5. The highest BCUT2D eigenvalue weighted by Gasteiger charge is 2.42. The molecule has 0 saturated heterocycles. The third-order valence-electron chi connectivity index (χ3n) is 12.0. The molecule has 320 valence electrons. The topological polar surface area (TPSA) is 215 Å². The van der Waals surface area contributed by atoms with Gasteiger partial charge in [-0.1, -0.05) is 19.9 Å². The fraction of sp³-hybridized carbons (Fsp3) is 0.405. The summed E-state index contributed by atoms with van der Waals surface area (Å²) in [5.74, 6) is -0.681. The maximum atomic E-state index is 12.6. The first kappa shape index (κ1) is 43.4. The first-order chi connectivity index (χ1) is 27.8. The van der Waals surface area contributed by atoms with Gasteiger partial charge in [-0.15, -0.1) is 0 Å². The highest BCUT2D eigenvalue weighted by atomic mass is 32.2. The van der Waals surface area contributed by atoms with Gasteiger partial charge in [-0.2, -0.15) is 25.3 Å². The van der Waals surface area contributed by atoms with Gasteiger partial charge in [-0.3, -0.25) is 18.5 Å². The van der Waals surface area contributed by atoms with Gasteiger partial charge < -0.3 is 10.0 Å². The van der Waals surface area contributed by atoms with Crippen molar-refractivity contribution in [2.75, 3.05) is 23.7 Å². The van der Waals surface area contributed by atoms with Crippen molar-refractivity contribution < 1.29 is 53.4 Å². The third kappa shape index (κ3) is 7.96. The van der Waals surface area contributed by atoms with E-state index in [9.17, 15) is 48.8 Å². The number of hydrogen-bond donors (Lipinski definition) is 4. The number of aryl methyl sites for hydroxylation is 3. The van der Waals surface area contributed by atoms with Gasteiger partial charge >= 0.3 is 5.97 Å². The maximum absolute atomic E-state index is 12.6. The highest BCUT2D eigenvalue weighted by molar-refractivity contribution is 7.86. The number of imidazole rings is 1. The van der Waals surface area contributed by atoms with E-state index in [0.29, 0.717) is 50.0 Å². The molecule has 0 atom stereocenters. The van der Waals surface area contributed by atoms with Crippen molar-refractivity contribution in [2.45, 2.75) is 94.1 Å². The van der Waals surface area contributed by atoms with Crippen LogP contribution in [0.4, 0.5) is 5.69 Å². The van der Waals surface area contributed by atoms with Crippen LogP contribution in [0.1, 0.15) is 93.1 Å². The van der Waals surface area contributed by atoms with Crippen LogP contribution in [0.2, 0.25) is 0 Å². The Hall–Kier alpha value is -4.72. The Kier molecular flexibility index (Phi) is 10.9. The lowest BCUT2D eigenvalue weighted by atomic mass is 9.68. The predicted octanol–water partition coefficient (Wildman–Crippen LogP) is 3.08. The summed E-state index contributed by atoms with van der Waals surface area (Å²) in [5.41, 5.74) is 5.34. The average Bonchev–Trinajstić information content (AvgIpc) is 3.48. The monoisotopic (exact) mass is 882 g/mol. The third-order valence-corrected chi connectivity index (χ3v) is 14.5. The van der Waals surface area contributed by atoms with Gasteiger partial charge in [0, 0.05) is 53.2 Å². The molecule has 1 aromatic heterocycles. The zero-order chi connectivity index (χ0) is 43.9. The minimum atomic E-state index is -4.90. The van der Waals surface area contributed by atoms with Crippen LogP contribution in [0.3, 0.4) is 0 Å². The summed E-state index contributed by atoms with van der Waals surface area (Å²) < 4.78 is 110. The number of anilines is 1. The Balaban J connectivity index is 1.56. The van der Waals surface area contributed by atoms with Gasteiger partial charge in [-0.25, -0.2) is 13.7 Å². The molecule has 4 aromatic rings. The van der Waals surface area contributed by atoms with Crippen LogP contribution in [0.5, 0.6) is 0 Å². The van der Waals surface area contributed by atoms with E-state index in [0.717, 1.165) is 62.0 Å². The van der Waals surface area contributed by atoms with Crippen molar-refractivity contribution >= 4 is 53.2 Å². The lowest BCUT2D eigenvalue weighted by Crippen LogP contribution is -2.47. The SMILES string of the molecule is CCN1c2cc3c(cc2C(CS(=O)(=O)O)=CC1(C)C)C(c1n(C)cc[n+]1CCCC(=O)O)=c1cc2c(cc1C3(C)C)=[N+](Cc1ccc(S(=O)(=O)O)cc1S(=O)(=O)O)CCC2. The normalized spacial score (nSPS) is 17.1. The van der Waals surface area contributed by atoms with Crippen LogP contribution in [0.15, 0.2) is 70.7 Å². The van der Waals surface area contributed by atoms with Crippen molar-refractivity contribution in [3.8, 4) is 0 Å². The smallest absolute Gasteiger partial charge is 0.303 e. The molecule has 0 amide bonds. The quantitative estimate of drug-likeness (QED) is 0.119. The van der Waals surface area contributed by atoms with Gasteiger partial charge in [0.15, 0.2) is 6.54 Å². The lowest BCUT2D eigenvalue weighted by molar-refractivity contribution is -0.698. The van der Waals surface area contributed by atoms with Gasteiger partial charge in [-0.05, 0) is 97.5 Å². The zero-order valence-electron chi connectivity index (χ0n) is 34.3. The molecule has 0 unspecified atom stereocenters. The molecule has 60 heavy (non-hydrogen) atoms. The molecule has 3 aliphatic rings. The first-order valence-electron chi connectivity index (χ1n) is 19.6. The largest absolute Gasteiger partial charge is 0.481 e. The number of aliphatic carboxylic acids is 1. The van der Waals surface area contributed by atoms with E-state index in [2.05, 4.69) is 36.9 Å². The Morgan fingerprint density at radius 3 is 2.25 bits per heavy atom. The van der Waals surface area contributed by atoms with E-state index >= 15 is 0 Å². The molecular formula is C42H50N4O11S3+2. The number of aromatic nitrogens is 2. The van der Waals surface area contributed by atoms with Crippen LogP contribution < -0.4 is 24.6 Å². The fourth-order valence-corrected chi connectivity index (χ4v) is 11.4. The molecule has 3 aromatic carbocycles. The van der Waals surface area contributed by atoms with E-state index in [1.165, 1.54) is 6.07 Å². The van der Waals surface area contributed by atoms with Crippen LogP contribution in [-0.2, 0) is 67.1 Å². The van der Waals surface area contributed by atoms with Crippen molar-refractivity contribution in [1.82, 2.24) is 9.14 Å². The molecule has 15 nitrogen and oxygen atoms in total. The number of rotatable bonds is 12. The second kappa shape index (κ2) is 15.0.